The van der Waals surface area contributed by atoms with Gasteiger partial charge >= 0.3 is 0 Å². The molecule has 0 atom stereocenters. The van der Waals surface area contributed by atoms with E-state index in [4.69, 9.17) is 11.5 Å². The van der Waals surface area contributed by atoms with Crippen molar-refractivity contribution in [1.82, 2.24) is 0 Å². The van der Waals surface area contributed by atoms with Gasteiger partial charge in [0.2, 0.25) is 0 Å². The van der Waals surface area contributed by atoms with E-state index >= 15 is 0 Å². The second-order valence-electron chi connectivity index (χ2n) is 4.98. The molecule has 20 heavy (non-hydrogen) atoms. The molecule has 0 spiro atoms. The van der Waals surface area contributed by atoms with E-state index in [1.54, 1.807) is 0 Å². The number of hydrogen-bond donors (Lipinski definition) is 2. The van der Waals surface area contributed by atoms with E-state index in [1.807, 2.05) is 60.7 Å². The number of ketones is 1. The highest BCUT2D eigenvalue weighted by atomic mass is 16.1. The van der Waals surface area contributed by atoms with Crippen LogP contribution in [-0.2, 0) is 16.9 Å². The second-order valence-corrected chi connectivity index (χ2v) is 4.98. The van der Waals surface area contributed by atoms with Gasteiger partial charge in [0.1, 0.15) is 5.78 Å². The van der Waals surface area contributed by atoms with Crippen LogP contribution in [0, 0.1) is 0 Å². The number of Topliss-reactive ketones (excluding diaryl/α,β-unsaturated/α-hetero) is 1. The average Bonchev–Trinajstić information content (AvgIpc) is 2.40. The maximum atomic E-state index is 9.44. The van der Waals surface area contributed by atoms with Crippen molar-refractivity contribution < 1.29 is 4.79 Å². The minimum absolute atomic E-state index is 0.167. The lowest BCUT2D eigenvalue weighted by molar-refractivity contribution is -0.114. The molecule has 0 amide bonds. The fraction of sp³-hybridized carbons (Fsp3) is 0.235. The predicted molar refractivity (Wildman–Crippen MR) is 83.0 cm³/mol. The molecule has 0 saturated heterocycles. The Bertz CT molecular complexity index is 517. The first-order valence-electron chi connectivity index (χ1n) is 6.56. The topological polar surface area (TPSA) is 69.1 Å². The van der Waals surface area contributed by atoms with Crippen molar-refractivity contribution in [2.75, 3.05) is 0 Å². The lowest BCUT2D eigenvalue weighted by Crippen LogP contribution is -2.48. The molecule has 0 aliphatic rings. The van der Waals surface area contributed by atoms with Crippen molar-refractivity contribution in [2.45, 2.75) is 25.9 Å². The Kier molecular flexibility index (Phi) is 6.10. The Hall–Kier alpha value is -1.97. The summed E-state index contributed by atoms with van der Waals surface area (Å²) in [6.45, 7) is 3.06. The summed E-state index contributed by atoms with van der Waals surface area (Å²) in [7, 11) is 0. The van der Waals surface area contributed by atoms with Crippen LogP contribution in [0.5, 0.6) is 0 Å². The molecule has 2 aromatic carbocycles. The third-order valence-corrected chi connectivity index (χ3v) is 2.65. The van der Waals surface area contributed by atoms with E-state index in [0.717, 1.165) is 11.1 Å². The van der Waals surface area contributed by atoms with E-state index < -0.39 is 5.66 Å². The summed E-state index contributed by atoms with van der Waals surface area (Å²) in [5.74, 6) is 0.167. The Labute approximate surface area is 120 Å². The van der Waals surface area contributed by atoms with Gasteiger partial charge in [0.05, 0.1) is 5.66 Å². The molecule has 2 aromatic rings. The highest BCUT2D eigenvalue weighted by molar-refractivity contribution is 5.72. The standard InChI is InChI=1S/C14H16N2.C3H6O/c15-14(16,13-9-5-2-6-10-13)11-12-7-3-1-4-8-12;1-3(2)4/h1-10H,11,15-16H2;1-2H3. The summed E-state index contributed by atoms with van der Waals surface area (Å²) in [5, 5.41) is 0. The van der Waals surface area contributed by atoms with Crippen LogP contribution in [0.1, 0.15) is 25.0 Å². The molecule has 0 aliphatic heterocycles. The fourth-order valence-electron chi connectivity index (χ4n) is 1.78. The van der Waals surface area contributed by atoms with Crippen molar-refractivity contribution in [3.8, 4) is 0 Å². The maximum Gasteiger partial charge on any atom is 0.126 e. The zero-order valence-corrected chi connectivity index (χ0v) is 12.0. The normalized spacial score (nSPS) is 10.4. The minimum atomic E-state index is -0.803. The maximum absolute atomic E-state index is 9.44. The average molecular weight is 270 g/mol. The molecule has 0 unspecified atom stereocenters. The predicted octanol–water partition coefficient (Wildman–Crippen LogP) is 2.59. The Morgan fingerprint density at radius 1 is 0.900 bits per heavy atom. The molecule has 3 heteroatoms. The summed E-state index contributed by atoms with van der Waals surface area (Å²) in [6, 6.07) is 19.8. The van der Waals surface area contributed by atoms with Gasteiger partial charge < -0.3 is 16.3 Å². The second kappa shape index (κ2) is 7.58. The van der Waals surface area contributed by atoms with Crippen molar-refractivity contribution in [3.05, 3.63) is 71.8 Å². The number of nitrogens with two attached hydrogens (primary N) is 2. The first-order chi connectivity index (χ1) is 9.42. The Morgan fingerprint density at radius 2 is 1.30 bits per heavy atom. The molecule has 106 valence electrons. The summed E-state index contributed by atoms with van der Waals surface area (Å²) >= 11 is 0. The van der Waals surface area contributed by atoms with Crippen LogP contribution in [0.3, 0.4) is 0 Å². The van der Waals surface area contributed by atoms with E-state index in [0.29, 0.717) is 6.42 Å². The van der Waals surface area contributed by atoms with Crippen molar-refractivity contribution in [2.24, 2.45) is 11.5 Å². The lowest BCUT2D eigenvalue weighted by atomic mass is 9.94. The van der Waals surface area contributed by atoms with E-state index in [2.05, 4.69) is 0 Å². The van der Waals surface area contributed by atoms with Crippen LogP contribution in [-0.4, -0.2) is 5.78 Å². The van der Waals surface area contributed by atoms with Crippen molar-refractivity contribution in [1.29, 1.82) is 0 Å². The molecular weight excluding hydrogens is 248 g/mol. The zero-order chi connectivity index (χ0) is 15.0. The Morgan fingerprint density at radius 3 is 1.75 bits per heavy atom. The van der Waals surface area contributed by atoms with E-state index in [1.165, 1.54) is 13.8 Å². The van der Waals surface area contributed by atoms with Gasteiger partial charge in [0.25, 0.3) is 0 Å². The highest BCUT2D eigenvalue weighted by Gasteiger charge is 2.21. The van der Waals surface area contributed by atoms with Crippen molar-refractivity contribution >= 4 is 5.78 Å². The number of carbonyl (C=O) groups is 1. The van der Waals surface area contributed by atoms with Crippen LogP contribution >= 0.6 is 0 Å². The molecule has 0 bridgehead atoms. The van der Waals surface area contributed by atoms with Gasteiger partial charge in [-0.3, -0.25) is 0 Å². The van der Waals surface area contributed by atoms with Gasteiger partial charge in [0, 0.05) is 6.42 Å². The number of benzene rings is 2. The summed E-state index contributed by atoms with van der Waals surface area (Å²) in [5.41, 5.74) is 13.6. The van der Waals surface area contributed by atoms with Gasteiger partial charge in [-0.05, 0) is 25.0 Å². The van der Waals surface area contributed by atoms with Gasteiger partial charge in [0.15, 0.2) is 0 Å². The molecule has 0 heterocycles. The molecule has 3 nitrogen and oxygen atoms in total. The summed E-state index contributed by atoms with van der Waals surface area (Å²) in [6.07, 6.45) is 0.637. The first kappa shape index (κ1) is 16.1. The van der Waals surface area contributed by atoms with E-state index in [-0.39, 0.29) is 5.78 Å². The number of carbonyl (C=O) groups excluding carboxylic acids is 1. The number of rotatable bonds is 3. The first-order valence-corrected chi connectivity index (χ1v) is 6.56. The molecule has 2 rings (SSSR count). The molecule has 0 aromatic heterocycles. The third-order valence-electron chi connectivity index (χ3n) is 2.65. The Balaban J connectivity index is 0.000000444. The van der Waals surface area contributed by atoms with Crippen LogP contribution in [0.15, 0.2) is 60.7 Å². The largest absolute Gasteiger partial charge is 0.309 e. The van der Waals surface area contributed by atoms with Crippen molar-refractivity contribution in [3.63, 3.8) is 0 Å². The number of hydrogen-bond acceptors (Lipinski definition) is 3. The zero-order valence-electron chi connectivity index (χ0n) is 12.0. The molecule has 0 aliphatic carbocycles. The summed E-state index contributed by atoms with van der Waals surface area (Å²) in [4.78, 5) is 9.44. The van der Waals surface area contributed by atoms with Crippen LogP contribution in [0.4, 0.5) is 0 Å². The molecule has 0 fully saturated rings. The fourth-order valence-corrected chi connectivity index (χ4v) is 1.78. The summed E-state index contributed by atoms with van der Waals surface area (Å²) < 4.78 is 0. The lowest BCUT2D eigenvalue weighted by Gasteiger charge is -2.25. The molecule has 0 saturated carbocycles. The van der Waals surface area contributed by atoms with Gasteiger partial charge in [-0.25, -0.2) is 0 Å². The van der Waals surface area contributed by atoms with Gasteiger partial charge in [-0.15, -0.1) is 0 Å². The van der Waals surface area contributed by atoms with E-state index in [9.17, 15) is 4.79 Å². The van der Waals surface area contributed by atoms with Gasteiger partial charge in [-0.1, -0.05) is 60.7 Å². The third kappa shape index (κ3) is 5.78. The molecule has 4 N–H and O–H groups in total. The SMILES string of the molecule is CC(C)=O.NC(N)(Cc1ccccc1)c1ccccc1. The van der Waals surface area contributed by atoms with Crippen LogP contribution in [0.2, 0.25) is 0 Å². The molecule has 0 radical (unpaired) electrons. The molecular formula is C17H22N2O. The quantitative estimate of drug-likeness (QED) is 0.842. The van der Waals surface area contributed by atoms with Crippen LogP contribution in [0.25, 0.3) is 0 Å². The van der Waals surface area contributed by atoms with Crippen LogP contribution < -0.4 is 11.5 Å². The minimum Gasteiger partial charge on any atom is -0.309 e. The monoisotopic (exact) mass is 270 g/mol. The van der Waals surface area contributed by atoms with Gasteiger partial charge in [-0.2, -0.15) is 0 Å². The highest BCUT2D eigenvalue weighted by Crippen LogP contribution is 2.17. The smallest absolute Gasteiger partial charge is 0.126 e.